The van der Waals surface area contributed by atoms with E-state index in [9.17, 15) is 5.11 Å². The van der Waals surface area contributed by atoms with Crippen LogP contribution in [0.2, 0.25) is 0 Å². The van der Waals surface area contributed by atoms with Crippen molar-refractivity contribution in [3.63, 3.8) is 0 Å². The van der Waals surface area contributed by atoms with E-state index in [1.165, 1.54) is 75.3 Å². The van der Waals surface area contributed by atoms with Gasteiger partial charge in [-0.3, -0.25) is 0 Å². The average Bonchev–Trinajstić information content (AvgIpc) is 2.73. The molecular formula is C27H40O2. The summed E-state index contributed by atoms with van der Waals surface area (Å²) in [6.45, 7) is 5.89. The molecule has 2 aromatic rings. The lowest BCUT2D eigenvalue weighted by Gasteiger charge is -2.03. The van der Waals surface area contributed by atoms with E-state index in [4.69, 9.17) is 5.11 Å². The van der Waals surface area contributed by atoms with Gasteiger partial charge >= 0.3 is 0 Å². The minimum atomic E-state index is 0.313. The smallest absolute Gasteiger partial charge is 0.115 e. The van der Waals surface area contributed by atoms with Crippen molar-refractivity contribution in [2.24, 2.45) is 0 Å². The number of unbranched alkanes of at least 4 members (excludes halogenated alkanes) is 9. The summed E-state index contributed by atoms with van der Waals surface area (Å²) in [4.78, 5) is 0. The molecular weight excluding hydrogens is 356 g/mol. The van der Waals surface area contributed by atoms with Crippen LogP contribution in [0.25, 0.3) is 0 Å². The van der Waals surface area contributed by atoms with Crippen molar-refractivity contribution in [3.8, 4) is 11.5 Å². The van der Waals surface area contributed by atoms with Gasteiger partial charge in [-0.25, -0.2) is 0 Å². The molecule has 0 spiro atoms. The summed E-state index contributed by atoms with van der Waals surface area (Å²) >= 11 is 0. The molecule has 0 bridgehead atoms. The van der Waals surface area contributed by atoms with Crippen molar-refractivity contribution in [3.05, 3.63) is 72.3 Å². The van der Waals surface area contributed by atoms with Gasteiger partial charge in [-0.15, -0.1) is 6.58 Å². The van der Waals surface area contributed by atoms with E-state index in [1.54, 1.807) is 24.3 Å². The molecule has 0 heterocycles. The molecule has 2 rings (SSSR count). The molecule has 0 unspecified atom stereocenters. The maximum atomic E-state index is 9.20. The Balaban J connectivity index is 0.000000352. The molecule has 2 heteroatoms. The molecule has 2 nitrogen and oxygen atoms in total. The second-order valence-electron chi connectivity index (χ2n) is 7.76. The minimum absolute atomic E-state index is 0.313. The number of rotatable bonds is 13. The van der Waals surface area contributed by atoms with Gasteiger partial charge in [-0.1, -0.05) is 95.1 Å². The zero-order valence-electron chi connectivity index (χ0n) is 18.3. The van der Waals surface area contributed by atoms with Gasteiger partial charge in [0.2, 0.25) is 0 Å². The summed E-state index contributed by atoms with van der Waals surface area (Å²) in [5, 5.41) is 18.1. The molecule has 0 aliphatic rings. The van der Waals surface area contributed by atoms with Gasteiger partial charge in [0.15, 0.2) is 0 Å². The first-order chi connectivity index (χ1) is 14.2. The Morgan fingerprint density at radius 3 is 1.48 bits per heavy atom. The molecule has 2 aromatic carbocycles. The number of aromatic hydroxyl groups is 2. The third-order valence-corrected chi connectivity index (χ3v) is 5.07. The predicted molar refractivity (Wildman–Crippen MR) is 126 cm³/mol. The molecule has 29 heavy (non-hydrogen) atoms. The highest BCUT2D eigenvalue weighted by Crippen LogP contribution is 2.14. The highest BCUT2D eigenvalue weighted by atomic mass is 16.3. The van der Waals surface area contributed by atoms with Gasteiger partial charge in [-0.2, -0.15) is 0 Å². The van der Waals surface area contributed by atoms with E-state index in [-0.39, 0.29) is 0 Å². The molecule has 160 valence electrons. The molecule has 0 fully saturated rings. The first-order valence-electron chi connectivity index (χ1n) is 11.3. The Bertz CT molecular complexity index is 629. The lowest BCUT2D eigenvalue weighted by molar-refractivity contribution is 0.474. The number of phenols is 2. The lowest BCUT2D eigenvalue weighted by atomic mass is 10.0. The fraction of sp³-hybridized carbons (Fsp3) is 0.481. The zero-order chi connectivity index (χ0) is 21.2. The van der Waals surface area contributed by atoms with Crippen molar-refractivity contribution in [1.82, 2.24) is 0 Å². The molecule has 0 radical (unpaired) electrons. The van der Waals surface area contributed by atoms with Crippen molar-refractivity contribution in [1.29, 1.82) is 0 Å². The largest absolute Gasteiger partial charge is 0.508 e. The van der Waals surface area contributed by atoms with Gasteiger partial charge in [-0.05, 0) is 54.7 Å². The highest BCUT2D eigenvalue weighted by molar-refractivity contribution is 5.27. The van der Waals surface area contributed by atoms with E-state index < -0.39 is 0 Å². The van der Waals surface area contributed by atoms with Crippen molar-refractivity contribution in [2.45, 2.75) is 84.0 Å². The fourth-order valence-electron chi connectivity index (χ4n) is 3.28. The summed E-state index contributed by atoms with van der Waals surface area (Å²) in [5.41, 5.74) is 2.52. The van der Waals surface area contributed by atoms with E-state index in [0.29, 0.717) is 11.5 Å². The minimum Gasteiger partial charge on any atom is -0.508 e. The van der Waals surface area contributed by atoms with Gasteiger partial charge < -0.3 is 10.2 Å². The summed E-state index contributed by atoms with van der Waals surface area (Å²) in [6, 6.07) is 14.8. The van der Waals surface area contributed by atoms with Crippen LogP contribution >= 0.6 is 0 Å². The molecule has 0 aliphatic carbocycles. The van der Waals surface area contributed by atoms with Crippen LogP contribution in [-0.2, 0) is 12.8 Å². The third-order valence-electron chi connectivity index (χ3n) is 5.07. The van der Waals surface area contributed by atoms with Gasteiger partial charge in [0.05, 0.1) is 0 Å². The zero-order valence-corrected chi connectivity index (χ0v) is 18.3. The molecule has 0 atom stereocenters. The van der Waals surface area contributed by atoms with Crippen LogP contribution < -0.4 is 0 Å². The Labute approximate surface area is 178 Å². The summed E-state index contributed by atoms with van der Waals surface area (Å²) in [6.07, 6.45) is 17.7. The SMILES string of the molecule is C=CCc1ccc(O)cc1.CCCCCCCCCCCCc1ccc(O)cc1. The van der Waals surface area contributed by atoms with E-state index in [1.807, 2.05) is 30.3 Å². The topological polar surface area (TPSA) is 40.5 Å². The number of hydrogen-bond acceptors (Lipinski definition) is 2. The molecule has 2 N–H and O–H groups in total. The van der Waals surface area contributed by atoms with Crippen LogP contribution in [0.1, 0.15) is 82.3 Å². The predicted octanol–water partition coefficient (Wildman–Crippen LogP) is 7.98. The fourth-order valence-corrected chi connectivity index (χ4v) is 3.28. The Hall–Kier alpha value is -2.22. The second-order valence-corrected chi connectivity index (χ2v) is 7.76. The van der Waals surface area contributed by atoms with Crippen LogP contribution in [0.5, 0.6) is 11.5 Å². The molecule has 0 aromatic heterocycles. The standard InChI is InChI=1S/C18H30O.C9H10O/c1-2-3-4-5-6-7-8-9-10-11-12-17-13-15-18(19)16-14-17;1-2-3-8-4-6-9(10)7-5-8/h13-16,19H,2-12H2,1H3;2,4-7,10H,1,3H2. The van der Waals surface area contributed by atoms with Gasteiger partial charge in [0, 0.05) is 0 Å². The van der Waals surface area contributed by atoms with E-state index in [2.05, 4.69) is 13.5 Å². The average molecular weight is 397 g/mol. The van der Waals surface area contributed by atoms with E-state index in [0.717, 1.165) is 12.8 Å². The lowest BCUT2D eigenvalue weighted by Crippen LogP contribution is -1.86. The summed E-state index contributed by atoms with van der Waals surface area (Å²) in [5.74, 6) is 0.680. The Morgan fingerprint density at radius 2 is 1.03 bits per heavy atom. The monoisotopic (exact) mass is 396 g/mol. The maximum absolute atomic E-state index is 9.20. The van der Waals surface area contributed by atoms with Crippen LogP contribution in [0.4, 0.5) is 0 Å². The maximum Gasteiger partial charge on any atom is 0.115 e. The molecule has 0 aliphatic heterocycles. The quantitative estimate of drug-likeness (QED) is 0.266. The first kappa shape index (κ1) is 24.8. The number of hydrogen-bond donors (Lipinski definition) is 2. The molecule has 0 amide bonds. The van der Waals surface area contributed by atoms with Crippen molar-refractivity contribution >= 4 is 0 Å². The molecule has 0 saturated heterocycles. The normalized spacial score (nSPS) is 10.2. The van der Waals surface area contributed by atoms with Crippen LogP contribution in [0.3, 0.4) is 0 Å². The molecule has 0 saturated carbocycles. The third kappa shape index (κ3) is 13.6. The summed E-state index contributed by atoms with van der Waals surface area (Å²) < 4.78 is 0. The van der Waals surface area contributed by atoms with Crippen molar-refractivity contribution in [2.75, 3.05) is 0 Å². The van der Waals surface area contributed by atoms with Crippen LogP contribution in [0.15, 0.2) is 61.2 Å². The Kier molecular flexibility index (Phi) is 14.3. The second kappa shape index (κ2) is 16.7. The Morgan fingerprint density at radius 1 is 0.621 bits per heavy atom. The van der Waals surface area contributed by atoms with Crippen LogP contribution in [-0.4, -0.2) is 10.2 Å². The van der Waals surface area contributed by atoms with E-state index >= 15 is 0 Å². The number of allylic oxidation sites excluding steroid dienone is 1. The van der Waals surface area contributed by atoms with Crippen LogP contribution in [0, 0.1) is 0 Å². The number of aryl methyl sites for hydroxylation is 1. The van der Waals surface area contributed by atoms with Gasteiger partial charge in [0.1, 0.15) is 11.5 Å². The number of phenolic OH excluding ortho intramolecular Hbond substituents is 2. The highest BCUT2D eigenvalue weighted by Gasteiger charge is 1.95. The summed E-state index contributed by atoms with van der Waals surface area (Å²) in [7, 11) is 0. The number of benzene rings is 2. The van der Waals surface area contributed by atoms with Crippen molar-refractivity contribution < 1.29 is 10.2 Å². The first-order valence-corrected chi connectivity index (χ1v) is 11.3. The van der Waals surface area contributed by atoms with Gasteiger partial charge in [0.25, 0.3) is 0 Å².